The van der Waals surface area contributed by atoms with Crippen molar-refractivity contribution in [2.75, 3.05) is 13.2 Å². The van der Waals surface area contributed by atoms with E-state index in [2.05, 4.69) is 5.32 Å². The van der Waals surface area contributed by atoms with Crippen molar-refractivity contribution in [2.45, 2.75) is 39.2 Å². The van der Waals surface area contributed by atoms with E-state index in [1.54, 1.807) is 20.8 Å². The van der Waals surface area contributed by atoms with Crippen molar-refractivity contribution in [2.24, 2.45) is 0 Å². The number of benzene rings is 1. The first-order valence-electron chi connectivity index (χ1n) is 7.58. The number of ether oxygens (including phenoxy) is 2. The zero-order valence-corrected chi connectivity index (χ0v) is 14.1. The number of carbonyl (C=O) groups excluding carboxylic acids is 3. The Kier molecular flexibility index (Phi) is 7.35. The molecule has 24 heavy (non-hydrogen) atoms. The molecule has 1 aromatic rings. The molecule has 0 unspecified atom stereocenters. The number of ketones is 1. The van der Waals surface area contributed by atoms with Crippen LogP contribution in [0.25, 0.3) is 0 Å². The minimum Gasteiger partial charge on any atom is -0.457 e. The van der Waals surface area contributed by atoms with Crippen LogP contribution in [0, 0.1) is 5.82 Å². The van der Waals surface area contributed by atoms with Crippen molar-refractivity contribution in [3.8, 4) is 0 Å². The fourth-order valence-electron chi connectivity index (χ4n) is 1.67. The van der Waals surface area contributed by atoms with E-state index in [0.29, 0.717) is 6.42 Å². The van der Waals surface area contributed by atoms with E-state index in [0.717, 1.165) is 12.1 Å². The molecular weight excluding hydrogens is 317 g/mol. The maximum absolute atomic E-state index is 12.7. The average molecular weight is 339 g/mol. The Morgan fingerprint density at radius 1 is 1.12 bits per heavy atom. The zero-order valence-electron chi connectivity index (χ0n) is 14.1. The highest BCUT2D eigenvalue weighted by Gasteiger charge is 2.15. The topological polar surface area (TPSA) is 81.7 Å². The van der Waals surface area contributed by atoms with Crippen molar-refractivity contribution in [1.82, 2.24) is 5.32 Å². The summed E-state index contributed by atoms with van der Waals surface area (Å²) in [5.41, 5.74) is -0.306. The van der Waals surface area contributed by atoms with Crippen molar-refractivity contribution in [1.29, 1.82) is 0 Å². The molecule has 0 saturated carbocycles. The van der Waals surface area contributed by atoms with Crippen LogP contribution in [0.3, 0.4) is 0 Å². The molecule has 0 spiro atoms. The predicted octanol–water partition coefficient (Wildman–Crippen LogP) is 2.86. The van der Waals surface area contributed by atoms with Gasteiger partial charge in [0, 0.05) is 18.5 Å². The van der Waals surface area contributed by atoms with E-state index in [-0.39, 0.29) is 18.5 Å². The van der Waals surface area contributed by atoms with E-state index in [1.807, 2.05) is 0 Å². The predicted molar refractivity (Wildman–Crippen MR) is 85.2 cm³/mol. The first kappa shape index (κ1) is 19.6. The highest BCUT2D eigenvalue weighted by atomic mass is 19.1. The van der Waals surface area contributed by atoms with Crippen LogP contribution in [0.4, 0.5) is 9.18 Å². The molecule has 0 fully saturated rings. The third-order valence-corrected chi connectivity index (χ3v) is 2.76. The van der Waals surface area contributed by atoms with Gasteiger partial charge in [-0.15, -0.1) is 0 Å². The van der Waals surface area contributed by atoms with Gasteiger partial charge in [-0.25, -0.2) is 9.18 Å². The molecule has 1 N–H and O–H groups in total. The first-order chi connectivity index (χ1) is 11.2. The van der Waals surface area contributed by atoms with Crippen molar-refractivity contribution in [3.05, 3.63) is 35.6 Å². The Hall–Kier alpha value is -2.44. The van der Waals surface area contributed by atoms with Gasteiger partial charge in [-0.3, -0.25) is 9.59 Å². The van der Waals surface area contributed by atoms with Crippen molar-refractivity contribution in [3.63, 3.8) is 0 Å². The second-order valence-electron chi connectivity index (χ2n) is 6.12. The molecule has 0 aliphatic heterocycles. The van der Waals surface area contributed by atoms with Crippen LogP contribution in [0.5, 0.6) is 0 Å². The summed E-state index contributed by atoms with van der Waals surface area (Å²) >= 11 is 0. The molecule has 0 bridgehead atoms. The van der Waals surface area contributed by atoms with Crippen LogP contribution in [0.2, 0.25) is 0 Å². The van der Waals surface area contributed by atoms with Gasteiger partial charge >= 0.3 is 12.1 Å². The molecule has 0 heterocycles. The highest BCUT2D eigenvalue weighted by molar-refractivity contribution is 5.97. The maximum atomic E-state index is 12.7. The van der Waals surface area contributed by atoms with Crippen LogP contribution in [-0.4, -0.2) is 36.6 Å². The Labute approximate surface area is 140 Å². The third-order valence-electron chi connectivity index (χ3n) is 2.76. The summed E-state index contributed by atoms with van der Waals surface area (Å²) in [7, 11) is 0. The Morgan fingerprint density at radius 3 is 2.33 bits per heavy atom. The van der Waals surface area contributed by atoms with Gasteiger partial charge < -0.3 is 14.8 Å². The lowest BCUT2D eigenvalue weighted by Gasteiger charge is -2.19. The molecule has 0 atom stereocenters. The van der Waals surface area contributed by atoms with Gasteiger partial charge in [-0.05, 0) is 51.5 Å². The summed E-state index contributed by atoms with van der Waals surface area (Å²) in [6, 6.07) is 4.99. The number of carbonyl (C=O) groups is 3. The molecule has 6 nitrogen and oxygen atoms in total. The van der Waals surface area contributed by atoms with E-state index in [4.69, 9.17) is 9.47 Å². The summed E-state index contributed by atoms with van der Waals surface area (Å²) in [5, 5.41) is 2.52. The summed E-state index contributed by atoms with van der Waals surface area (Å²) in [6.45, 7) is 5.12. The summed E-state index contributed by atoms with van der Waals surface area (Å²) in [4.78, 5) is 34.6. The molecule has 1 amide bonds. The molecule has 1 rings (SSSR count). The van der Waals surface area contributed by atoms with Crippen LogP contribution in [0.15, 0.2) is 24.3 Å². The SMILES string of the molecule is CC(C)(C)OC(=O)NCCCC(=O)OCC(=O)c1ccc(F)cc1. The average Bonchev–Trinajstić information content (AvgIpc) is 2.48. The van der Waals surface area contributed by atoms with Crippen LogP contribution in [0.1, 0.15) is 44.0 Å². The fraction of sp³-hybridized carbons (Fsp3) is 0.471. The standard InChI is InChI=1S/C17H22FNO5/c1-17(2,3)24-16(22)19-10-4-5-15(21)23-11-14(20)12-6-8-13(18)9-7-12/h6-9H,4-5,10-11H2,1-3H3,(H,19,22). The molecule has 132 valence electrons. The van der Waals surface area contributed by atoms with Crippen molar-refractivity contribution < 1.29 is 28.2 Å². The first-order valence-corrected chi connectivity index (χ1v) is 7.58. The molecular formula is C17H22FNO5. The van der Waals surface area contributed by atoms with E-state index in [1.165, 1.54) is 12.1 Å². The maximum Gasteiger partial charge on any atom is 0.407 e. The lowest BCUT2D eigenvalue weighted by molar-refractivity contribution is -0.142. The van der Waals surface area contributed by atoms with Crippen LogP contribution < -0.4 is 5.32 Å². The number of amides is 1. The van der Waals surface area contributed by atoms with Gasteiger partial charge in [0.25, 0.3) is 0 Å². The minimum absolute atomic E-state index is 0.0620. The molecule has 0 aromatic heterocycles. The van der Waals surface area contributed by atoms with E-state index in [9.17, 15) is 18.8 Å². The Balaban J connectivity index is 2.19. The van der Waals surface area contributed by atoms with Gasteiger partial charge in [0.15, 0.2) is 12.4 Å². The largest absolute Gasteiger partial charge is 0.457 e. The number of nitrogens with one attached hydrogen (secondary N) is 1. The molecule has 0 aliphatic carbocycles. The number of Topliss-reactive ketones (excluding diaryl/α,β-unsaturated/α-hetero) is 1. The number of hydrogen-bond donors (Lipinski definition) is 1. The van der Waals surface area contributed by atoms with E-state index < -0.39 is 35.9 Å². The summed E-state index contributed by atoms with van der Waals surface area (Å²) in [6.07, 6.45) is -0.127. The Bertz CT molecular complexity index is 578. The second-order valence-corrected chi connectivity index (χ2v) is 6.12. The van der Waals surface area contributed by atoms with Gasteiger partial charge in [0.05, 0.1) is 0 Å². The fourth-order valence-corrected chi connectivity index (χ4v) is 1.67. The van der Waals surface area contributed by atoms with Crippen LogP contribution >= 0.6 is 0 Å². The number of rotatable bonds is 7. The lowest BCUT2D eigenvalue weighted by atomic mass is 10.1. The lowest BCUT2D eigenvalue weighted by Crippen LogP contribution is -2.33. The second kappa shape index (κ2) is 9.00. The monoisotopic (exact) mass is 339 g/mol. The van der Waals surface area contributed by atoms with Gasteiger partial charge in [-0.1, -0.05) is 0 Å². The van der Waals surface area contributed by atoms with E-state index >= 15 is 0 Å². The highest BCUT2D eigenvalue weighted by Crippen LogP contribution is 2.07. The number of hydrogen-bond acceptors (Lipinski definition) is 5. The molecule has 0 saturated heterocycles. The quantitative estimate of drug-likeness (QED) is 0.469. The summed E-state index contributed by atoms with van der Waals surface area (Å²) < 4.78 is 22.6. The Morgan fingerprint density at radius 2 is 1.75 bits per heavy atom. The normalized spacial score (nSPS) is 10.8. The minimum atomic E-state index is -0.580. The number of esters is 1. The third kappa shape index (κ3) is 8.26. The molecule has 7 heteroatoms. The van der Waals surface area contributed by atoms with Gasteiger partial charge in [0.1, 0.15) is 11.4 Å². The van der Waals surface area contributed by atoms with Crippen molar-refractivity contribution >= 4 is 17.8 Å². The van der Waals surface area contributed by atoms with Gasteiger partial charge in [-0.2, -0.15) is 0 Å². The summed E-state index contributed by atoms with van der Waals surface area (Å²) in [5.74, 6) is -1.40. The number of halogens is 1. The van der Waals surface area contributed by atoms with Crippen LogP contribution in [-0.2, 0) is 14.3 Å². The smallest absolute Gasteiger partial charge is 0.407 e. The number of alkyl carbamates (subject to hydrolysis) is 1. The zero-order chi connectivity index (χ0) is 18.2. The molecule has 0 radical (unpaired) electrons. The molecule has 1 aromatic carbocycles. The molecule has 0 aliphatic rings. The van der Waals surface area contributed by atoms with Gasteiger partial charge in [0.2, 0.25) is 0 Å².